The SMILES string of the molecule is CCc1cccc(-c2ccccc2CNS(=O)(=O)c2ccccc2OC)c1. The lowest BCUT2D eigenvalue weighted by Gasteiger charge is -2.13. The summed E-state index contributed by atoms with van der Waals surface area (Å²) in [7, 11) is -2.23. The molecule has 0 saturated carbocycles. The van der Waals surface area contributed by atoms with E-state index in [0.717, 1.165) is 23.1 Å². The zero-order chi connectivity index (χ0) is 19.3. The molecule has 4 nitrogen and oxygen atoms in total. The minimum absolute atomic E-state index is 0.137. The minimum atomic E-state index is -3.69. The molecule has 0 atom stereocenters. The number of aryl methyl sites for hydroxylation is 1. The van der Waals surface area contributed by atoms with E-state index in [1.54, 1.807) is 18.2 Å². The minimum Gasteiger partial charge on any atom is -0.495 e. The monoisotopic (exact) mass is 381 g/mol. The summed E-state index contributed by atoms with van der Waals surface area (Å²) >= 11 is 0. The second-order valence-corrected chi connectivity index (χ2v) is 7.92. The van der Waals surface area contributed by atoms with Gasteiger partial charge in [0.05, 0.1) is 7.11 Å². The lowest BCUT2D eigenvalue weighted by atomic mass is 9.97. The summed E-state index contributed by atoms with van der Waals surface area (Å²) < 4.78 is 33.4. The highest BCUT2D eigenvalue weighted by atomic mass is 32.2. The van der Waals surface area contributed by atoms with Crippen LogP contribution in [0, 0.1) is 0 Å². The van der Waals surface area contributed by atoms with Crippen LogP contribution >= 0.6 is 0 Å². The van der Waals surface area contributed by atoms with Crippen LogP contribution < -0.4 is 9.46 Å². The summed E-state index contributed by atoms with van der Waals surface area (Å²) in [5.74, 6) is 0.328. The third-order valence-corrected chi connectivity index (χ3v) is 5.92. The Morgan fingerprint density at radius 3 is 2.44 bits per heavy atom. The molecule has 1 N–H and O–H groups in total. The zero-order valence-electron chi connectivity index (χ0n) is 15.5. The van der Waals surface area contributed by atoms with Gasteiger partial charge in [0.25, 0.3) is 0 Å². The van der Waals surface area contributed by atoms with Gasteiger partial charge in [0.15, 0.2) is 0 Å². The molecule has 0 bridgehead atoms. The first-order chi connectivity index (χ1) is 13.0. The standard InChI is InChI=1S/C22H23NO3S/c1-3-17-9-8-11-18(15-17)20-12-5-4-10-19(20)16-23-27(24,25)22-14-7-6-13-21(22)26-2/h4-15,23H,3,16H2,1-2H3. The molecule has 0 aliphatic rings. The van der Waals surface area contributed by atoms with Crippen molar-refractivity contribution in [3.63, 3.8) is 0 Å². The highest BCUT2D eigenvalue weighted by Crippen LogP contribution is 2.26. The van der Waals surface area contributed by atoms with Gasteiger partial charge in [-0.2, -0.15) is 0 Å². The van der Waals surface area contributed by atoms with Gasteiger partial charge in [0, 0.05) is 6.54 Å². The van der Waals surface area contributed by atoms with Crippen LogP contribution in [0.4, 0.5) is 0 Å². The molecule has 0 amide bonds. The summed E-state index contributed by atoms with van der Waals surface area (Å²) in [6.45, 7) is 2.32. The molecular weight excluding hydrogens is 358 g/mol. The van der Waals surface area contributed by atoms with E-state index in [-0.39, 0.29) is 11.4 Å². The quantitative estimate of drug-likeness (QED) is 0.660. The summed E-state index contributed by atoms with van der Waals surface area (Å²) in [4.78, 5) is 0.137. The van der Waals surface area contributed by atoms with Gasteiger partial charge in [-0.3, -0.25) is 0 Å². The fourth-order valence-electron chi connectivity index (χ4n) is 3.01. The molecule has 3 aromatic carbocycles. The Kier molecular flexibility index (Phi) is 5.94. The first-order valence-electron chi connectivity index (χ1n) is 8.85. The van der Waals surface area contributed by atoms with Crippen LogP contribution in [0.25, 0.3) is 11.1 Å². The van der Waals surface area contributed by atoms with Crippen molar-refractivity contribution in [2.45, 2.75) is 24.8 Å². The first kappa shape index (κ1) is 19.1. The van der Waals surface area contributed by atoms with E-state index in [1.165, 1.54) is 18.7 Å². The molecule has 0 aromatic heterocycles. The van der Waals surface area contributed by atoms with Crippen LogP contribution in [0.15, 0.2) is 77.7 Å². The third-order valence-electron chi connectivity index (χ3n) is 4.47. The maximum Gasteiger partial charge on any atom is 0.244 e. The Labute approximate surface area is 160 Å². The molecule has 0 heterocycles. The molecule has 3 rings (SSSR count). The molecule has 0 aliphatic carbocycles. The molecule has 0 spiro atoms. The van der Waals surface area contributed by atoms with E-state index >= 15 is 0 Å². The molecule has 0 radical (unpaired) electrons. The number of rotatable bonds is 7. The normalized spacial score (nSPS) is 11.3. The number of nitrogens with one attached hydrogen (secondary N) is 1. The van der Waals surface area contributed by atoms with Crippen molar-refractivity contribution in [3.05, 3.63) is 83.9 Å². The average molecular weight is 381 g/mol. The molecule has 5 heteroatoms. The van der Waals surface area contributed by atoms with Crippen molar-refractivity contribution < 1.29 is 13.2 Å². The third kappa shape index (κ3) is 4.38. The summed E-state index contributed by atoms with van der Waals surface area (Å²) in [6, 6.07) is 22.8. The maximum atomic E-state index is 12.7. The largest absolute Gasteiger partial charge is 0.495 e. The van der Waals surface area contributed by atoms with Crippen molar-refractivity contribution in [3.8, 4) is 16.9 Å². The molecule has 0 saturated heterocycles. The maximum absolute atomic E-state index is 12.7. The van der Waals surface area contributed by atoms with Crippen LogP contribution in [0.1, 0.15) is 18.1 Å². The van der Waals surface area contributed by atoms with Gasteiger partial charge >= 0.3 is 0 Å². The van der Waals surface area contributed by atoms with Crippen LogP contribution in [-0.4, -0.2) is 15.5 Å². The van der Waals surface area contributed by atoms with E-state index in [2.05, 4.69) is 23.8 Å². The molecule has 0 fully saturated rings. The Morgan fingerprint density at radius 1 is 0.926 bits per heavy atom. The van der Waals surface area contributed by atoms with Gasteiger partial charge in [0.1, 0.15) is 10.6 Å². The Bertz CT molecular complexity index is 1030. The van der Waals surface area contributed by atoms with Crippen LogP contribution in [-0.2, 0) is 23.0 Å². The number of methoxy groups -OCH3 is 1. The Morgan fingerprint density at radius 2 is 1.67 bits per heavy atom. The second kappa shape index (κ2) is 8.37. The molecule has 0 unspecified atom stereocenters. The predicted octanol–water partition coefficient (Wildman–Crippen LogP) is 4.40. The van der Waals surface area contributed by atoms with Gasteiger partial charge in [0.2, 0.25) is 10.0 Å². The Balaban J connectivity index is 1.89. The number of ether oxygens (including phenoxy) is 1. The topological polar surface area (TPSA) is 55.4 Å². The summed E-state index contributed by atoms with van der Waals surface area (Å²) in [6.07, 6.45) is 0.955. The molecule has 3 aromatic rings. The van der Waals surface area contributed by atoms with Crippen LogP contribution in [0.2, 0.25) is 0 Å². The Hall–Kier alpha value is -2.63. The van der Waals surface area contributed by atoms with E-state index < -0.39 is 10.0 Å². The number of benzene rings is 3. The van der Waals surface area contributed by atoms with E-state index in [0.29, 0.717) is 5.75 Å². The lowest BCUT2D eigenvalue weighted by molar-refractivity contribution is 0.402. The number of sulfonamides is 1. The molecule has 140 valence electrons. The molecule has 0 aliphatic heterocycles. The fourth-order valence-corrected chi connectivity index (χ4v) is 4.18. The van der Waals surface area contributed by atoms with E-state index in [1.807, 2.05) is 36.4 Å². The first-order valence-corrected chi connectivity index (χ1v) is 10.3. The van der Waals surface area contributed by atoms with Crippen molar-refractivity contribution >= 4 is 10.0 Å². The predicted molar refractivity (Wildman–Crippen MR) is 108 cm³/mol. The average Bonchev–Trinajstić information content (AvgIpc) is 2.72. The van der Waals surface area contributed by atoms with E-state index in [9.17, 15) is 8.42 Å². The smallest absolute Gasteiger partial charge is 0.244 e. The van der Waals surface area contributed by atoms with Crippen molar-refractivity contribution in [1.82, 2.24) is 4.72 Å². The van der Waals surface area contributed by atoms with Gasteiger partial charge < -0.3 is 4.74 Å². The molecule has 27 heavy (non-hydrogen) atoms. The number of hydrogen-bond donors (Lipinski definition) is 1. The van der Waals surface area contributed by atoms with Crippen molar-refractivity contribution in [1.29, 1.82) is 0 Å². The second-order valence-electron chi connectivity index (χ2n) is 6.19. The number of hydrogen-bond acceptors (Lipinski definition) is 3. The van der Waals surface area contributed by atoms with Gasteiger partial charge in [-0.05, 0) is 40.8 Å². The van der Waals surface area contributed by atoms with E-state index in [4.69, 9.17) is 4.74 Å². The molecular formula is C22H23NO3S. The van der Waals surface area contributed by atoms with Crippen molar-refractivity contribution in [2.75, 3.05) is 7.11 Å². The van der Waals surface area contributed by atoms with Crippen molar-refractivity contribution in [2.24, 2.45) is 0 Å². The summed E-state index contributed by atoms with van der Waals surface area (Å²) in [5, 5.41) is 0. The lowest BCUT2D eigenvalue weighted by Crippen LogP contribution is -2.24. The van der Waals surface area contributed by atoms with Gasteiger partial charge in [-0.1, -0.05) is 67.6 Å². The van der Waals surface area contributed by atoms with Gasteiger partial charge in [-0.25, -0.2) is 13.1 Å². The van der Waals surface area contributed by atoms with Crippen LogP contribution in [0.3, 0.4) is 0 Å². The highest BCUT2D eigenvalue weighted by Gasteiger charge is 2.19. The summed E-state index contributed by atoms with van der Waals surface area (Å²) in [5.41, 5.74) is 4.28. The highest BCUT2D eigenvalue weighted by molar-refractivity contribution is 7.89. The number of para-hydroxylation sites is 1. The zero-order valence-corrected chi connectivity index (χ0v) is 16.3. The fraction of sp³-hybridized carbons (Fsp3) is 0.182. The van der Waals surface area contributed by atoms with Crippen LogP contribution in [0.5, 0.6) is 5.75 Å². The van der Waals surface area contributed by atoms with Gasteiger partial charge in [-0.15, -0.1) is 0 Å².